The third kappa shape index (κ3) is 4.69. The Morgan fingerprint density at radius 1 is 1.30 bits per heavy atom. The fourth-order valence-corrected chi connectivity index (χ4v) is 2.97. The average molecular weight is 289 g/mol. The smallest absolute Gasteiger partial charge is 0.0945 e. The zero-order valence-electron chi connectivity index (χ0n) is 12.2. The molecule has 0 radical (unpaired) electrons. The summed E-state index contributed by atoms with van der Waals surface area (Å²) < 4.78 is 2.13. The number of benzene rings is 1. The molecule has 0 saturated carbocycles. The molecule has 0 aliphatic rings. The van der Waals surface area contributed by atoms with Crippen molar-refractivity contribution >= 4 is 11.8 Å². The second-order valence-electron chi connectivity index (χ2n) is 4.85. The van der Waals surface area contributed by atoms with Crippen LogP contribution in [-0.2, 0) is 6.54 Å². The Morgan fingerprint density at radius 2 is 2.10 bits per heavy atom. The molecule has 108 valence electrons. The van der Waals surface area contributed by atoms with Gasteiger partial charge in [-0.15, -0.1) is 11.8 Å². The van der Waals surface area contributed by atoms with E-state index in [1.54, 1.807) is 0 Å². The lowest BCUT2D eigenvalue weighted by molar-refractivity contribution is 0.598. The largest absolute Gasteiger partial charge is 0.337 e. The topological polar surface area (TPSA) is 29.9 Å². The van der Waals surface area contributed by atoms with E-state index in [2.05, 4.69) is 53.0 Å². The molecule has 1 aromatic carbocycles. The monoisotopic (exact) mass is 289 g/mol. The Labute approximate surface area is 125 Å². The van der Waals surface area contributed by atoms with Gasteiger partial charge in [0.1, 0.15) is 0 Å². The number of nitrogens with zero attached hydrogens (tertiary/aromatic N) is 2. The van der Waals surface area contributed by atoms with Crippen LogP contribution in [0, 0.1) is 0 Å². The molecular weight excluding hydrogens is 266 g/mol. The summed E-state index contributed by atoms with van der Waals surface area (Å²) in [7, 11) is 0. The minimum absolute atomic E-state index is 0.431. The minimum atomic E-state index is 0.431. The summed E-state index contributed by atoms with van der Waals surface area (Å²) in [6, 6.07) is 9.34. The van der Waals surface area contributed by atoms with Crippen molar-refractivity contribution in [2.45, 2.75) is 37.8 Å². The van der Waals surface area contributed by atoms with Crippen molar-refractivity contribution in [3.8, 4) is 0 Å². The zero-order chi connectivity index (χ0) is 14.2. The second-order valence-corrected chi connectivity index (χ2v) is 6.02. The number of aromatic nitrogens is 2. The molecule has 3 nitrogen and oxygen atoms in total. The van der Waals surface area contributed by atoms with Crippen LogP contribution >= 0.6 is 11.8 Å². The lowest BCUT2D eigenvalue weighted by atomic mass is 10.1. The molecule has 1 aromatic heterocycles. The summed E-state index contributed by atoms with van der Waals surface area (Å²) in [6.45, 7) is 6.40. The molecule has 2 aromatic rings. The van der Waals surface area contributed by atoms with E-state index in [1.165, 1.54) is 10.5 Å². The molecular formula is C16H23N3S. The fourth-order valence-electron chi connectivity index (χ4n) is 2.13. The van der Waals surface area contributed by atoms with Crippen LogP contribution in [-0.4, -0.2) is 21.8 Å². The van der Waals surface area contributed by atoms with Gasteiger partial charge in [-0.25, -0.2) is 4.98 Å². The van der Waals surface area contributed by atoms with Crippen LogP contribution in [0.4, 0.5) is 0 Å². The van der Waals surface area contributed by atoms with E-state index < -0.39 is 0 Å². The van der Waals surface area contributed by atoms with Crippen molar-refractivity contribution in [1.29, 1.82) is 0 Å². The zero-order valence-corrected chi connectivity index (χ0v) is 13.1. The normalized spacial score (nSPS) is 12.5. The quantitative estimate of drug-likeness (QED) is 0.593. The highest BCUT2D eigenvalue weighted by atomic mass is 32.2. The first-order valence-corrected chi connectivity index (χ1v) is 8.20. The number of rotatable bonds is 8. The number of aryl methyl sites for hydroxylation is 1. The predicted octanol–water partition coefficient (Wildman–Crippen LogP) is 3.74. The third-order valence-electron chi connectivity index (χ3n) is 3.28. The Kier molecular flexibility index (Phi) is 6.15. The van der Waals surface area contributed by atoms with Gasteiger partial charge in [-0.05, 0) is 43.3 Å². The standard InChI is InChI=1S/C16H23N3S/c1-3-18-14(2)15-5-7-16(8-6-15)20-12-4-10-19-11-9-17-13-19/h5-9,11,13-14,18H,3-4,10,12H2,1-2H3. The molecule has 0 aliphatic carbocycles. The Morgan fingerprint density at radius 3 is 2.75 bits per heavy atom. The second kappa shape index (κ2) is 8.12. The lowest BCUT2D eigenvalue weighted by Crippen LogP contribution is -2.17. The van der Waals surface area contributed by atoms with Gasteiger partial charge in [-0.3, -0.25) is 0 Å². The molecule has 0 spiro atoms. The summed E-state index contributed by atoms with van der Waals surface area (Å²) in [5.41, 5.74) is 1.36. The number of hydrogen-bond acceptors (Lipinski definition) is 3. The Hall–Kier alpha value is -1.26. The Balaban J connectivity index is 1.73. The van der Waals surface area contributed by atoms with Gasteiger partial charge in [-0.1, -0.05) is 19.1 Å². The van der Waals surface area contributed by atoms with Crippen LogP contribution in [0.25, 0.3) is 0 Å². The third-order valence-corrected chi connectivity index (χ3v) is 4.38. The molecule has 1 heterocycles. The molecule has 20 heavy (non-hydrogen) atoms. The first-order valence-electron chi connectivity index (χ1n) is 7.21. The molecule has 2 rings (SSSR count). The fraction of sp³-hybridized carbons (Fsp3) is 0.438. The van der Waals surface area contributed by atoms with Gasteiger partial charge in [0.25, 0.3) is 0 Å². The van der Waals surface area contributed by atoms with Crippen LogP contribution < -0.4 is 5.32 Å². The van der Waals surface area contributed by atoms with Gasteiger partial charge >= 0.3 is 0 Å². The number of hydrogen-bond donors (Lipinski definition) is 1. The molecule has 0 saturated heterocycles. The summed E-state index contributed by atoms with van der Waals surface area (Å²) in [6.07, 6.45) is 6.89. The summed E-state index contributed by atoms with van der Waals surface area (Å²) >= 11 is 1.92. The van der Waals surface area contributed by atoms with Crippen LogP contribution in [0.2, 0.25) is 0 Å². The van der Waals surface area contributed by atoms with Crippen molar-refractivity contribution in [1.82, 2.24) is 14.9 Å². The van der Waals surface area contributed by atoms with Gasteiger partial charge in [0, 0.05) is 29.9 Å². The summed E-state index contributed by atoms with van der Waals surface area (Å²) in [5.74, 6) is 1.14. The molecule has 1 unspecified atom stereocenters. The molecule has 0 bridgehead atoms. The van der Waals surface area contributed by atoms with E-state index >= 15 is 0 Å². The van der Waals surface area contributed by atoms with Crippen LogP contribution in [0.1, 0.15) is 31.9 Å². The first-order chi connectivity index (χ1) is 9.79. The maximum absolute atomic E-state index is 4.05. The van der Waals surface area contributed by atoms with Crippen LogP contribution in [0.15, 0.2) is 47.9 Å². The van der Waals surface area contributed by atoms with Crippen molar-refractivity contribution in [2.24, 2.45) is 0 Å². The van der Waals surface area contributed by atoms with Crippen molar-refractivity contribution < 1.29 is 0 Å². The minimum Gasteiger partial charge on any atom is -0.337 e. The van der Waals surface area contributed by atoms with Crippen LogP contribution in [0.3, 0.4) is 0 Å². The highest BCUT2D eigenvalue weighted by Crippen LogP contribution is 2.21. The molecule has 0 amide bonds. The summed E-state index contributed by atoms with van der Waals surface area (Å²) in [4.78, 5) is 5.40. The van der Waals surface area contributed by atoms with Gasteiger partial charge in [-0.2, -0.15) is 0 Å². The van der Waals surface area contributed by atoms with Crippen molar-refractivity contribution in [2.75, 3.05) is 12.3 Å². The predicted molar refractivity (Wildman–Crippen MR) is 86.1 cm³/mol. The maximum atomic E-state index is 4.05. The van der Waals surface area contributed by atoms with Crippen LogP contribution in [0.5, 0.6) is 0 Å². The van der Waals surface area contributed by atoms with E-state index in [-0.39, 0.29) is 0 Å². The first kappa shape index (κ1) is 15.1. The number of nitrogens with one attached hydrogen (secondary N) is 1. The number of imidazole rings is 1. The summed E-state index contributed by atoms with van der Waals surface area (Å²) in [5, 5.41) is 3.43. The van der Waals surface area contributed by atoms with Gasteiger partial charge in [0.05, 0.1) is 6.33 Å². The van der Waals surface area contributed by atoms with E-state index in [0.717, 1.165) is 25.3 Å². The van der Waals surface area contributed by atoms with Gasteiger partial charge in [0.2, 0.25) is 0 Å². The van der Waals surface area contributed by atoms with E-state index in [4.69, 9.17) is 0 Å². The lowest BCUT2D eigenvalue weighted by Gasteiger charge is -2.13. The van der Waals surface area contributed by atoms with E-state index in [1.807, 2.05) is 30.5 Å². The molecule has 0 fully saturated rings. The Bertz CT molecular complexity index is 479. The molecule has 4 heteroatoms. The van der Waals surface area contributed by atoms with E-state index in [0.29, 0.717) is 6.04 Å². The molecule has 0 aliphatic heterocycles. The SMILES string of the molecule is CCNC(C)c1ccc(SCCCn2ccnc2)cc1. The highest BCUT2D eigenvalue weighted by Gasteiger charge is 2.03. The average Bonchev–Trinajstić information content (AvgIpc) is 2.98. The van der Waals surface area contributed by atoms with Crippen molar-refractivity contribution in [3.63, 3.8) is 0 Å². The maximum Gasteiger partial charge on any atom is 0.0945 e. The number of thioether (sulfide) groups is 1. The van der Waals surface area contributed by atoms with Gasteiger partial charge in [0.15, 0.2) is 0 Å². The van der Waals surface area contributed by atoms with Crippen molar-refractivity contribution in [3.05, 3.63) is 48.5 Å². The molecule has 1 atom stereocenters. The molecule has 1 N–H and O–H groups in total. The van der Waals surface area contributed by atoms with Gasteiger partial charge < -0.3 is 9.88 Å². The highest BCUT2D eigenvalue weighted by molar-refractivity contribution is 7.99. The van der Waals surface area contributed by atoms with E-state index in [9.17, 15) is 0 Å².